The van der Waals surface area contributed by atoms with Crippen molar-refractivity contribution in [3.8, 4) is 0 Å². The van der Waals surface area contributed by atoms with E-state index in [1.165, 1.54) is 0 Å². The largest absolute Gasteiger partial charge is 0.444 e. The van der Waals surface area contributed by atoms with Gasteiger partial charge in [0.05, 0.1) is 6.04 Å². The lowest BCUT2D eigenvalue weighted by molar-refractivity contribution is -0.141. The SMILES string of the molecule is C[C@H](NC(=O)[C@@]12C[C@H]1C=CCCCCC[C@H](NC(=O)OC(C)(C)C)C(=O)N1CCC[C@H]1C(=O)N2)c1ccncc1. The number of carbonyl (C=O) groups excluding carboxylic acids is 4. The van der Waals surface area contributed by atoms with Gasteiger partial charge >= 0.3 is 6.09 Å². The minimum Gasteiger partial charge on any atom is -0.444 e. The summed E-state index contributed by atoms with van der Waals surface area (Å²) in [4.78, 5) is 59.2. The number of nitrogens with zero attached hydrogens (tertiary/aromatic N) is 2. The molecule has 40 heavy (non-hydrogen) atoms. The van der Waals surface area contributed by atoms with E-state index in [4.69, 9.17) is 4.74 Å². The van der Waals surface area contributed by atoms with Gasteiger partial charge in [0.2, 0.25) is 17.7 Å². The molecule has 4 rings (SSSR count). The highest BCUT2D eigenvalue weighted by Gasteiger charge is 2.60. The summed E-state index contributed by atoms with van der Waals surface area (Å²) < 4.78 is 5.41. The summed E-state index contributed by atoms with van der Waals surface area (Å²) >= 11 is 0. The number of amides is 4. The van der Waals surface area contributed by atoms with Gasteiger partial charge in [-0.2, -0.15) is 0 Å². The van der Waals surface area contributed by atoms with E-state index in [-0.39, 0.29) is 29.7 Å². The molecule has 3 N–H and O–H groups in total. The molecule has 5 atom stereocenters. The van der Waals surface area contributed by atoms with Gasteiger partial charge < -0.3 is 25.6 Å². The van der Waals surface area contributed by atoms with Crippen LogP contribution in [0.1, 0.15) is 90.7 Å². The Bertz CT molecular complexity index is 1120. The Morgan fingerprint density at radius 1 is 1.12 bits per heavy atom. The van der Waals surface area contributed by atoms with Crippen molar-refractivity contribution in [1.82, 2.24) is 25.8 Å². The maximum absolute atomic E-state index is 13.7. The highest BCUT2D eigenvalue weighted by molar-refractivity contribution is 5.98. The van der Waals surface area contributed by atoms with E-state index in [1.807, 2.05) is 25.1 Å². The summed E-state index contributed by atoms with van der Waals surface area (Å²) in [6.45, 7) is 7.64. The maximum atomic E-state index is 13.7. The maximum Gasteiger partial charge on any atom is 0.408 e. The van der Waals surface area contributed by atoms with Crippen molar-refractivity contribution in [2.45, 2.75) is 108 Å². The van der Waals surface area contributed by atoms with E-state index in [0.29, 0.717) is 32.2 Å². The normalized spacial score (nSPS) is 28.2. The van der Waals surface area contributed by atoms with Gasteiger partial charge in [0.25, 0.3) is 0 Å². The van der Waals surface area contributed by atoms with E-state index < -0.39 is 29.3 Å². The average molecular weight is 554 g/mol. The van der Waals surface area contributed by atoms with Crippen LogP contribution < -0.4 is 16.0 Å². The van der Waals surface area contributed by atoms with Crippen molar-refractivity contribution in [1.29, 1.82) is 0 Å². The monoisotopic (exact) mass is 553 g/mol. The molecule has 1 aromatic heterocycles. The third-order valence-electron chi connectivity index (χ3n) is 7.88. The number of pyridine rings is 1. The van der Waals surface area contributed by atoms with Gasteiger partial charge in [-0.3, -0.25) is 19.4 Å². The molecule has 0 bridgehead atoms. The van der Waals surface area contributed by atoms with Crippen molar-refractivity contribution in [3.63, 3.8) is 0 Å². The summed E-state index contributed by atoms with van der Waals surface area (Å²) in [5.41, 5.74) is -0.826. The van der Waals surface area contributed by atoms with Crippen molar-refractivity contribution < 1.29 is 23.9 Å². The number of nitrogens with one attached hydrogen (secondary N) is 3. The van der Waals surface area contributed by atoms with Gasteiger partial charge in [0, 0.05) is 24.9 Å². The van der Waals surface area contributed by atoms with E-state index in [1.54, 1.807) is 38.1 Å². The van der Waals surface area contributed by atoms with Crippen LogP contribution in [0.3, 0.4) is 0 Å². The average Bonchev–Trinajstić information content (AvgIpc) is 3.36. The van der Waals surface area contributed by atoms with Crippen molar-refractivity contribution in [2.75, 3.05) is 6.54 Å². The molecule has 3 heterocycles. The van der Waals surface area contributed by atoms with Gasteiger partial charge in [-0.05, 0) is 83.9 Å². The van der Waals surface area contributed by atoms with Crippen LogP contribution in [-0.4, -0.2) is 63.5 Å². The van der Waals surface area contributed by atoms with Gasteiger partial charge in [0.15, 0.2) is 0 Å². The Labute approximate surface area is 236 Å². The molecule has 0 unspecified atom stereocenters. The first-order chi connectivity index (χ1) is 19.0. The Kier molecular flexibility index (Phi) is 9.15. The standard InChI is InChI=1S/C30H43N5O5/c1-20(21-14-16-31-17-15-21)32-27(38)30-19-22(30)11-8-6-5-7-9-12-23(33-28(39)40-29(2,3)4)26(37)35-18-10-13-24(35)25(36)34-30/h8,11,14-17,20,22-24H,5-7,9-10,12-13,18-19H2,1-4H3,(H,32,38)(H,33,39)(H,34,36)/t20-,22+,23-,24-,30+/m0/s1. The van der Waals surface area contributed by atoms with Crippen LogP contribution in [0.5, 0.6) is 0 Å². The van der Waals surface area contributed by atoms with E-state index >= 15 is 0 Å². The fraction of sp³-hybridized carbons (Fsp3) is 0.633. The number of hydrogen-bond donors (Lipinski definition) is 3. The molecule has 1 aliphatic carbocycles. The first kappa shape index (κ1) is 29.6. The molecular weight excluding hydrogens is 510 g/mol. The minimum absolute atomic E-state index is 0.113. The molecule has 2 aliphatic heterocycles. The summed E-state index contributed by atoms with van der Waals surface area (Å²) in [7, 11) is 0. The van der Waals surface area contributed by atoms with E-state index in [0.717, 1.165) is 31.2 Å². The number of aromatic nitrogens is 1. The second-order valence-electron chi connectivity index (χ2n) is 12.2. The predicted molar refractivity (Wildman–Crippen MR) is 150 cm³/mol. The second-order valence-corrected chi connectivity index (χ2v) is 12.2. The quantitative estimate of drug-likeness (QED) is 0.489. The van der Waals surface area contributed by atoms with E-state index in [9.17, 15) is 19.2 Å². The molecule has 1 saturated carbocycles. The summed E-state index contributed by atoms with van der Waals surface area (Å²) in [6.07, 6.45) is 12.4. The Balaban J connectivity index is 1.53. The van der Waals surface area contributed by atoms with Crippen LogP contribution in [0.25, 0.3) is 0 Å². The molecular formula is C30H43N5O5. The third kappa shape index (κ3) is 7.20. The minimum atomic E-state index is -1.06. The molecule has 1 saturated heterocycles. The van der Waals surface area contributed by atoms with Crippen molar-refractivity contribution in [3.05, 3.63) is 42.2 Å². The molecule has 4 amide bonds. The Hall–Kier alpha value is -3.43. The zero-order chi connectivity index (χ0) is 28.9. The number of allylic oxidation sites excluding steroid dienone is 1. The number of rotatable bonds is 4. The number of alkyl carbamates (subject to hydrolysis) is 1. The van der Waals surface area contributed by atoms with Crippen molar-refractivity contribution in [2.24, 2.45) is 5.92 Å². The topological polar surface area (TPSA) is 130 Å². The lowest BCUT2D eigenvalue weighted by Crippen LogP contribution is -2.58. The van der Waals surface area contributed by atoms with Crippen LogP contribution in [0.4, 0.5) is 4.79 Å². The molecule has 0 radical (unpaired) electrons. The van der Waals surface area contributed by atoms with Crippen LogP contribution in [0.2, 0.25) is 0 Å². The molecule has 0 spiro atoms. The Morgan fingerprint density at radius 2 is 1.88 bits per heavy atom. The lowest BCUT2D eigenvalue weighted by atomic mass is 10.0. The lowest BCUT2D eigenvalue weighted by Gasteiger charge is -2.31. The molecule has 218 valence electrons. The van der Waals surface area contributed by atoms with Gasteiger partial charge in [-0.15, -0.1) is 0 Å². The number of fused-ring (bicyclic) bond motifs is 2. The van der Waals surface area contributed by atoms with Crippen LogP contribution >= 0.6 is 0 Å². The van der Waals surface area contributed by atoms with Gasteiger partial charge in [-0.25, -0.2) is 4.79 Å². The van der Waals surface area contributed by atoms with Gasteiger partial charge in [0.1, 0.15) is 23.2 Å². The van der Waals surface area contributed by atoms with Crippen LogP contribution in [0.15, 0.2) is 36.7 Å². The molecule has 3 aliphatic rings. The fourth-order valence-corrected chi connectivity index (χ4v) is 5.60. The second kappa shape index (κ2) is 12.4. The molecule has 1 aromatic rings. The van der Waals surface area contributed by atoms with Crippen LogP contribution in [0, 0.1) is 5.92 Å². The summed E-state index contributed by atoms with van der Waals surface area (Å²) in [5, 5.41) is 8.88. The number of hydrogen-bond acceptors (Lipinski definition) is 6. The highest BCUT2D eigenvalue weighted by atomic mass is 16.6. The van der Waals surface area contributed by atoms with Gasteiger partial charge in [-0.1, -0.05) is 25.0 Å². The predicted octanol–water partition coefficient (Wildman–Crippen LogP) is 3.54. The zero-order valence-electron chi connectivity index (χ0n) is 24.1. The number of carbonyl (C=O) groups is 4. The molecule has 0 aromatic carbocycles. The summed E-state index contributed by atoms with van der Waals surface area (Å²) in [5.74, 6) is -0.962. The first-order valence-corrected chi connectivity index (χ1v) is 14.5. The Morgan fingerprint density at radius 3 is 2.60 bits per heavy atom. The smallest absolute Gasteiger partial charge is 0.408 e. The molecule has 2 fully saturated rings. The molecule has 10 heteroatoms. The van der Waals surface area contributed by atoms with Crippen molar-refractivity contribution >= 4 is 23.8 Å². The first-order valence-electron chi connectivity index (χ1n) is 14.5. The fourth-order valence-electron chi connectivity index (χ4n) is 5.60. The number of ether oxygens (including phenoxy) is 1. The molecule has 10 nitrogen and oxygen atoms in total. The van der Waals surface area contributed by atoms with E-state index in [2.05, 4.69) is 27.0 Å². The van der Waals surface area contributed by atoms with Crippen LogP contribution in [-0.2, 0) is 19.1 Å². The third-order valence-corrected chi connectivity index (χ3v) is 7.88. The highest BCUT2D eigenvalue weighted by Crippen LogP contribution is 2.46. The summed E-state index contributed by atoms with van der Waals surface area (Å²) in [6, 6.07) is 1.97. The zero-order valence-corrected chi connectivity index (χ0v) is 24.1.